The van der Waals surface area contributed by atoms with Gasteiger partial charge in [0.2, 0.25) is 0 Å². The van der Waals surface area contributed by atoms with Crippen molar-refractivity contribution in [3.8, 4) is 5.75 Å². The second-order valence-electron chi connectivity index (χ2n) is 5.01. The summed E-state index contributed by atoms with van der Waals surface area (Å²) in [4.78, 5) is 1.25. The van der Waals surface area contributed by atoms with Crippen LogP contribution in [0.25, 0.3) is 10.8 Å². The van der Waals surface area contributed by atoms with E-state index in [4.69, 9.17) is 4.74 Å². The van der Waals surface area contributed by atoms with Crippen LogP contribution in [0.15, 0.2) is 48.1 Å². The number of hydrogen-bond donors (Lipinski definition) is 1. The van der Waals surface area contributed by atoms with Crippen molar-refractivity contribution < 1.29 is 4.74 Å². The van der Waals surface area contributed by atoms with E-state index in [-0.39, 0.29) is 6.10 Å². The average Bonchev–Trinajstić information content (AvgIpc) is 3.09. The number of benzene rings is 1. The van der Waals surface area contributed by atoms with Gasteiger partial charge in [-0.05, 0) is 30.6 Å². The molecular formula is C17H19N3OS. The van der Waals surface area contributed by atoms with Crippen LogP contribution in [0.1, 0.15) is 24.3 Å². The molecule has 0 spiro atoms. The Hall–Kier alpha value is -1.98. The van der Waals surface area contributed by atoms with Crippen LogP contribution in [-0.2, 0) is 0 Å². The lowest BCUT2D eigenvalue weighted by Crippen LogP contribution is -2.19. The zero-order valence-corrected chi connectivity index (χ0v) is 13.3. The summed E-state index contributed by atoms with van der Waals surface area (Å²) < 4.78 is 6.32. The highest BCUT2D eigenvalue weighted by atomic mass is 32.1. The number of fused-ring (bicyclic) bond motifs is 1. The molecule has 0 saturated carbocycles. The Bertz CT molecular complexity index is 710. The lowest BCUT2D eigenvalue weighted by atomic mass is 10.1. The highest BCUT2D eigenvalue weighted by Crippen LogP contribution is 2.31. The molecule has 1 atom stereocenters. The number of hydrogen-bond acceptors (Lipinski definition) is 5. The number of rotatable bonds is 7. The minimum Gasteiger partial charge on any atom is -0.484 e. The Morgan fingerprint density at radius 1 is 1.18 bits per heavy atom. The molecule has 3 rings (SSSR count). The average molecular weight is 313 g/mol. The van der Waals surface area contributed by atoms with Crippen LogP contribution in [0.5, 0.6) is 5.75 Å². The number of ether oxygens (including phenoxy) is 1. The van der Waals surface area contributed by atoms with Gasteiger partial charge in [0, 0.05) is 22.1 Å². The van der Waals surface area contributed by atoms with Crippen LogP contribution in [0.4, 0.5) is 0 Å². The quantitative estimate of drug-likeness (QED) is 0.674. The smallest absolute Gasteiger partial charge is 0.134 e. The van der Waals surface area contributed by atoms with Gasteiger partial charge >= 0.3 is 0 Å². The van der Waals surface area contributed by atoms with Gasteiger partial charge in [-0.15, -0.1) is 11.3 Å². The fourth-order valence-corrected chi connectivity index (χ4v) is 3.19. The molecular weight excluding hydrogens is 294 g/mol. The summed E-state index contributed by atoms with van der Waals surface area (Å²) in [7, 11) is 0. The van der Waals surface area contributed by atoms with Crippen molar-refractivity contribution in [1.82, 2.24) is 15.5 Å². The van der Waals surface area contributed by atoms with Crippen molar-refractivity contribution in [2.45, 2.75) is 19.4 Å². The summed E-state index contributed by atoms with van der Waals surface area (Å²) in [5, 5.41) is 15.4. The molecule has 0 aliphatic heterocycles. The summed E-state index contributed by atoms with van der Waals surface area (Å²) in [5.74, 6) is 0.863. The second-order valence-corrected chi connectivity index (χ2v) is 5.99. The fraction of sp³-hybridized carbons (Fsp3) is 0.294. The molecule has 0 saturated heterocycles. The summed E-state index contributed by atoms with van der Waals surface area (Å²) >= 11 is 1.73. The summed E-state index contributed by atoms with van der Waals surface area (Å²) in [6.45, 7) is 4.02. The molecule has 0 bridgehead atoms. The predicted molar refractivity (Wildman–Crippen MR) is 90.4 cm³/mol. The minimum absolute atomic E-state index is 0.0535. The molecule has 1 unspecified atom stereocenters. The van der Waals surface area contributed by atoms with E-state index in [0.717, 1.165) is 36.0 Å². The topological polar surface area (TPSA) is 47.0 Å². The molecule has 2 heterocycles. The van der Waals surface area contributed by atoms with Crippen molar-refractivity contribution in [2.75, 3.05) is 13.1 Å². The molecule has 4 nitrogen and oxygen atoms in total. The Balaban J connectivity index is 1.85. The summed E-state index contributed by atoms with van der Waals surface area (Å²) in [6.07, 6.45) is 4.52. The Morgan fingerprint density at radius 2 is 2.09 bits per heavy atom. The summed E-state index contributed by atoms with van der Waals surface area (Å²) in [5.41, 5.74) is 0. The van der Waals surface area contributed by atoms with E-state index in [2.05, 4.69) is 40.0 Å². The minimum atomic E-state index is 0.0535. The number of nitrogens with one attached hydrogen (secondary N) is 1. The highest BCUT2D eigenvalue weighted by molar-refractivity contribution is 7.10. The fourth-order valence-electron chi connectivity index (χ4n) is 2.40. The van der Waals surface area contributed by atoms with Crippen LogP contribution in [0.3, 0.4) is 0 Å². The first kappa shape index (κ1) is 14.9. The van der Waals surface area contributed by atoms with Gasteiger partial charge in [0.15, 0.2) is 0 Å². The van der Waals surface area contributed by atoms with E-state index in [1.807, 2.05) is 18.2 Å². The van der Waals surface area contributed by atoms with Gasteiger partial charge < -0.3 is 10.1 Å². The normalized spacial score (nSPS) is 12.4. The van der Waals surface area contributed by atoms with E-state index in [9.17, 15) is 0 Å². The first-order valence-electron chi connectivity index (χ1n) is 7.48. The van der Waals surface area contributed by atoms with Crippen LogP contribution in [0, 0.1) is 0 Å². The maximum Gasteiger partial charge on any atom is 0.134 e. The third kappa shape index (κ3) is 3.43. The van der Waals surface area contributed by atoms with E-state index >= 15 is 0 Å². The standard InChI is InChI=1S/C17H19N3OS/c1-2-18-9-8-16(17-7-4-10-22-17)21-15-6-3-5-13-11-19-20-12-14(13)15/h3-7,10-12,16,18H,2,8-9H2,1H3. The van der Waals surface area contributed by atoms with Crippen LogP contribution < -0.4 is 10.1 Å². The van der Waals surface area contributed by atoms with Crippen molar-refractivity contribution in [2.24, 2.45) is 0 Å². The van der Waals surface area contributed by atoms with Crippen LogP contribution >= 0.6 is 11.3 Å². The SMILES string of the molecule is CCNCCC(Oc1cccc2cnncc12)c1cccs1. The van der Waals surface area contributed by atoms with Gasteiger partial charge in [0.05, 0.1) is 12.4 Å². The zero-order chi connectivity index (χ0) is 15.2. The van der Waals surface area contributed by atoms with Gasteiger partial charge in [0.1, 0.15) is 11.9 Å². The predicted octanol–water partition coefficient (Wildman–Crippen LogP) is 3.81. The Kier molecular flexibility index (Phi) is 4.98. The number of thiophene rings is 1. The monoisotopic (exact) mass is 313 g/mol. The third-order valence-corrected chi connectivity index (χ3v) is 4.48. The molecule has 2 aromatic heterocycles. The Labute approximate surface area is 134 Å². The van der Waals surface area contributed by atoms with Crippen molar-refractivity contribution >= 4 is 22.1 Å². The van der Waals surface area contributed by atoms with Gasteiger partial charge in [-0.2, -0.15) is 10.2 Å². The molecule has 3 aromatic rings. The lowest BCUT2D eigenvalue weighted by molar-refractivity contribution is 0.200. The number of nitrogens with zero attached hydrogens (tertiary/aromatic N) is 2. The molecule has 0 aliphatic rings. The maximum atomic E-state index is 6.32. The molecule has 0 radical (unpaired) electrons. The molecule has 22 heavy (non-hydrogen) atoms. The van der Waals surface area contributed by atoms with E-state index < -0.39 is 0 Å². The van der Waals surface area contributed by atoms with Crippen LogP contribution in [-0.4, -0.2) is 23.3 Å². The van der Waals surface area contributed by atoms with Crippen molar-refractivity contribution in [1.29, 1.82) is 0 Å². The van der Waals surface area contributed by atoms with Gasteiger partial charge in [-0.1, -0.05) is 25.1 Å². The first-order chi connectivity index (χ1) is 10.9. The maximum absolute atomic E-state index is 6.32. The second kappa shape index (κ2) is 7.33. The van der Waals surface area contributed by atoms with E-state index in [1.54, 1.807) is 23.7 Å². The van der Waals surface area contributed by atoms with Gasteiger partial charge in [-0.3, -0.25) is 0 Å². The zero-order valence-electron chi connectivity index (χ0n) is 12.5. The van der Waals surface area contributed by atoms with Crippen molar-refractivity contribution in [3.63, 3.8) is 0 Å². The van der Waals surface area contributed by atoms with Gasteiger partial charge in [0.25, 0.3) is 0 Å². The van der Waals surface area contributed by atoms with Crippen molar-refractivity contribution in [3.05, 3.63) is 53.0 Å². The highest BCUT2D eigenvalue weighted by Gasteiger charge is 2.15. The van der Waals surface area contributed by atoms with E-state index in [1.165, 1.54) is 4.88 Å². The largest absolute Gasteiger partial charge is 0.484 e. The van der Waals surface area contributed by atoms with Gasteiger partial charge in [-0.25, -0.2) is 0 Å². The third-order valence-electron chi connectivity index (χ3n) is 3.51. The van der Waals surface area contributed by atoms with Crippen LogP contribution in [0.2, 0.25) is 0 Å². The molecule has 1 N–H and O–H groups in total. The van der Waals surface area contributed by atoms with E-state index in [0.29, 0.717) is 0 Å². The molecule has 1 aromatic carbocycles. The lowest BCUT2D eigenvalue weighted by Gasteiger charge is -2.19. The summed E-state index contributed by atoms with van der Waals surface area (Å²) in [6, 6.07) is 10.2. The Morgan fingerprint density at radius 3 is 2.91 bits per heavy atom. The molecule has 0 aliphatic carbocycles. The molecule has 0 fully saturated rings. The molecule has 0 amide bonds. The molecule has 114 valence electrons. The first-order valence-corrected chi connectivity index (χ1v) is 8.36. The molecule has 5 heteroatoms. The number of aromatic nitrogens is 2.